The molecular formula is C57H78N18O9. The van der Waals surface area contributed by atoms with Crippen LogP contribution in [0.2, 0.25) is 0 Å². The van der Waals surface area contributed by atoms with Crippen LogP contribution in [0.25, 0.3) is 10.8 Å². The van der Waals surface area contributed by atoms with E-state index in [4.69, 9.17) is 34.4 Å². The molecule has 0 bridgehead atoms. The highest BCUT2D eigenvalue weighted by molar-refractivity contribution is 5.99. The Kier molecular flexibility index (Phi) is 26.2. The summed E-state index contributed by atoms with van der Waals surface area (Å²) in [6.07, 6.45) is -0.764. The molecule has 1 saturated heterocycles. The largest absolute Gasteiger partial charge is 0.370 e. The van der Waals surface area contributed by atoms with Gasteiger partial charge in [-0.3, -0.25) is 58.1 Å². The van der Waals surface area contributed by atoms with Crippen LogP contribution in [-0.2, 0) is 62.4 Å². The van der Waals surface area contributed by atoms with Crippen molar-refractivity contribution in [3.63, 3.8) is 0 Å². The predicted molar refractivity (Wildman–Crippen MR) is 318 cm³/mol. The van der Waals surface area contributed by atoms with Crippen molar-refractivity contribution < 1.29 is 43.2 Å². The summed E-state index contributed by atoms with van der Waals surface area (Å²) in [5.41, 5.74) is 35.3. The molecule has 0 saturated carbocycles. The second kappa shape index (κ2) is 33.8. The number of rotatable bonds is 21. The van der Waals surface area contributed by atoms with Gasteiger partial charge >= 0.3 is 0 Å². The maximum atomic E-state index is 15.0. The molecule has 0 aliphatic carbocycles. The average Bonchev–Trinajstić information content (AvgIpc) is 3.54. The van der Waals surface area contributed by atoms with E-state index >= 15 is 9.59 Å². The Labute approximate surface area is 486 Å². The van der Waals surface area contributed by atoms with Gasteiger partial charge in [0.2, 0.25) is 53.2 Å². The lowest BCUT2D eigenvalue weighted by Crippen LogP contribution is -2.61. The Hall–Kier alpha value is -9.82. The molecule has 0 radical (unpaired) electrons. The number of benzene rings is 4. The summed E-state index contributed by atoms with van der Waals surface area (Å²) in [6, 6.07) is 20.5. The fourth-order valence-corrected chi connectivity index (χ4v) is 9.09. The van der Waals surface area contributed by atoms with Crippen LogP contribution < -0.4 is 82.3 Å². The summed E-state index contributed by atoms with van der Waals surface area (Å²) in [5, 5.41) is 25.8. The smallest absolute Gasteiger partial charge is 0.243 e. The summed E-state index contributed by atoms with van der Waals surface area (Å²) in [5.74, 6) is -7.96. The van der Waals surface area contributed by atoms with Gasteiger partial charge in [0, 0.05) is 52.4 Å². The fraction of sp³-hybridized carbons (Fsp3) is 0.404. The molecule has 1 heterocycles. The molecule has 4 aromatic carbocycles. The molecule has 27 heteroatoms. The molecule has 0 unspecified atom stereocenters. The quantitative estimate of drug-likeness (QED) is 0.0226. The van der Waals surface area contributed by atoms with Crippen LogP contribution in [0, 0.1) is 0 Å². The number of carbonyl (C=O) groups is 9. The van der Waals surface area contributed by atoms with Crippen LogP contribution in [-0.4, -0.2) is 147 Å². The second-order valence-corrected chi connectivity index (χ2v) is 20.0. The van der Waals surface area contributed by atoms with E-state index in [2.05, 4.69) is 62.8 Å². The topological polar surface area (TPSA) is 455 Å². The number of hydrogen-bond donors (Lipinski definition) is 15. The van der Waals surface area contributed by atoms with E-state index in [0.29, 0.717) is 16.7 Å². The number of amides is 9. The number of aliphatic imine (C=N–C) groups is 3. The molecule has 450 valence electrons. The van der Waals surface area contributed by atoms with Crippen molar-refractivity contribution in [3.8, 4) is 0 Å². The van der Waals surface area contributed by atoms with E-state index in [0.717, 1.165) is 10.8 Å². The molecule has 9 amide bonds. The van der Waals surface area contributed by atoms with Crippen LogP contribution in [0.4, 0.5) is 0 Å². The minimum atomic E-state index is -1.46. The molecule has 4 aromatic rings. The van der Waals surface area contributed by atoms with E-state index in [-0.39, 0.29) is 108 Å². The van der Waals surface area contributed by atoms with Gasteiger partial charge in [-0.2, -0.15) is 0 Å². The lowest BCUT2D eigenvalue weighted by molar-refractivity contribution is -0.136. The van der Waals surface area contributed by atoms with Crippen molar-refractivity contribution in [1.82, 2.24) is 47.9 Å². The molecule has 7 atom stereocenters. The third-order valence-corrected chi connectivity index (χ3v) is 13.5. The number of carbonyl (C=O) groups excluding carboxylic acids is 9. The molecule has 0 spiro atoms. The SMILES string of the molecule is CNC(=O)CC[C@@H]1NC(=O)CNC(=O)[C@H](CCCN=C(N)N)NC(=O)[C@@H](CCCN=C(N)N)NC(=O)[C@H](CCCN=C(N)N)NC(=O)[C@H](Cc2ccc3ccccc3c2)NC(=O)[C@@H](Cc2ccccc2)NC(=O)[C@H](Cc2ccccc2)NC1=O. The third kappa shape index (κ3) is 22.6. The normalized spacial score (nSPS) is 20.6. The Morgan fingerprint density at radius 2 is 0.786 bits per heavy atom. The lowest BCUT2D eigenvalue weighted by atomic mass is 9.99. The number of fused-ring (bicyclic) bond motifs is 1. The van der Waals surface area contributed by atoms with Gasteiger partial charge in [-0.15, -0.1) is 0 Å². The van der Waals surface area contributed by atoms with E-state index in [1.54, 1.807) is 66.7 Å². The van der Waals surface area contributed by atoms with Crippen LogP contribution in [0.5, 0.6) is 0 Å². The summed E-state index contributed by atoms with van der Waals surface area (Å²) < 4.78 is 0. The van der Waals surface area contributed by atoms with Crippen LogP contribution in [0.15, 0.2) is 118 Å². The van der Waals surface area contributed by atoms with Crippen molar-refractivity contribution >= 4 is 81.8 Å². The first kappa shape index (κ1) is 65.0. The molecule has 27 nitrogen and oxygen atoms in total. The first-order chi connectivity index (χ1) is 40.3. The molecule has 1 fully saturated rings. The number of nitrogens with zero attached hydrogens (tertiary/aromatic N) is 3. The summed E-state index contributed by atoms with van der Waals surface area (Å²) in [7, 11) is 1.39. The van der Waals surface area contributed by atoms with Crippen LogP contribution in [0.3, 0.4) is 0 Å². The monoisotopic (exact) mass is 1160 g/mol. The molecule has 0 aromatic heterocycles. The first-order valence-electron chi connectivity index (χ1n) is 27.6. The van der Waals surface area contributed by atoms with Crippen molar-refractivity contribution in [2.24, 2.45) is 49.4 Å². The van der Waals surface area contributed by atoms with Gasteiger partial charge in [0.1, 0.15) is 42.3 Å². The fourth-order valence-electron chi connectivity index (χ4n) is 9.09. The van der Waals surface area contributed by atoms with Gasteiger partial charge in [-0.05, 0) is 72.4 Å². The highest BCUT2D eigenvalue weighted by Gasteiger charge is 2.35. The van der Waals surface area contributed by atoms with Crippen molar-refractivity contribution in [1.29, 1.82) is 0 Å². The molecule has 5 rings (SSSR count). The minimum Gasteiger partial charge on any atom is -0.370 e. The zero-order valence-corrected chi connectivity index (χ0v) is 46.9. The molecule has 1 aliphatic rings. The van der Waals surface area contributed by atoms with Gasteiger partial charge < -0.3 is 82.3 Å². The van der Waals surface area contributed by atoms with Gasteiger partial charge in [-0.25, -0.2) is 0 Å². The average molecular weight is 1160 g/mol. The van der Waals surface area contributed by atoms with Gasteiger partial charge in [0.25, 0.3) is 0 Å². The number of hydrogen-bond acceptors (Lipinski definition) is 12. The van der Waals surface area contributed by atoms with Crippen LogP contribution in [0.1, 0.15) is 68.1 Å². The second-order valence-electron chi connectivity index (χ2n) is 20.0. The Bertz CT molecular complexity index is 2990. The summed E-state index contributed by atoms with van der Waals surface area (Å²) >= 11 is 0. The van der Waals surface area contributed by atoms with E-state index in [1.807, 2.05) is 36.4 Å². The molecule has 21 N–H and O–H groups in total. The first-order valence-corrected chi connectivity index (χ1v) is 27.6. The number of nitrogens with two attached hydrogens (primary N) is 6. The van der Waals surface area contributed by atoms with Crippen molar-refractivity contribution in [2.45, 2.75) is 113 Å². The Morgan fingerprint density at radius 1 is 0.429 bits per heavy atom. The third-order valence-electron chi connectivity index (χ3n) is 13.5. The Morgan fingerprint density at radius 3 is 1.20 bits per heavy atom. The minimum absolute atomic E-state index is 0.0237. The highest BCUT2D eigenvalue weighted by atomic mass is 16.2. The molecular weight excluding hydrogens is 1080 g/mol. The van der Waals surface area contributed by atoms with E-state index < -0.39 is 102 Å². The zero-order chi connectivity index (χ0) is 61.0. The maximum absolute atomic E-state index is 15.0. The van der Waals surface area contributed by atoms with Gasteiger partial charge in [-0.1, -0.05) is 103 Å². The highest BCUT2D eigenvalue weighted by Crippen LogP contribution is 2.18. The van der Waals surface area contributed by atoms with Crippen molar-refractivity contribution in [3.05, 3.63) is 120 Å². The van der Waals surface area contributed by atoms with E-state index in [1.165, 1.54) is 7.05 Å². The maximum Gasteiger partial charge on any atom is 0.243 e. The molecule has 1 aliphatic heterocycles. The Balaban J connectivity index is 1.65. The summed E-state index contributed by atoms with van der Waals surface area (Å²) in [6.45, 7) is -0.659. The van der Waals surface area contributed by atoms with Gasteiger partial charge in [0.15, 0.2) is 17.9 Å². The van der Waals surface area contributed by atoms with Gasteiger partial charge in [0.05, 0.1) is 6.54 Å². The lowest BCUT2D eigenvalue weighted by Gasteiger charge is -2.28. The zero-order valence-electron chi connectivity index (χ0n) is 46.9. The summed E-state index contributed by atoms with van der Waals surface area (Å²) in [4.78, 5) is 141. The number of nitrogens with one attached hydrogen (secondary N) is 9. The van der Waals surface area contributed by atoms with Crippen molar-refractivity contribution in [2.75, 3.05) is 33.2 Å². The predicted octanol–water partition coefficient (Wildman–Crippen LogP) is -2.92. The van der Waals surface area contributed by atoms with E-state index in [9.17, 15) is 33.6 Å². The standard InChI is InChI=1S/C57H78N18O9/c1-64-46(76)25-24-42-51(81)73-43(30-34-13-4-2-5-14-34)53(83)74-44(31-35-15-6-3-7-16-35)54(84)75-45(32-36-22-23-37-17-8-9-18-38(37)29-36)52(82)72-41(21-12-28-67-57(62)63)50(80)71-40(20-11-27-66-56(60)61)49(79)70-39(19-10-26-65-55(58)59)48(78)68-33-47(77)69-42/h2-9,13-18,22-23,29,39-45H,10-12,19-21,24-28,30-33H2,1H3,(H,64,76)(H,68,78)(H,69,77)(H,70,79)(H,71,80)(H,72,82)(H,73,81)(H,74,83)(H,75,84)(H4,58,59,65)(H4,60,61,66)(H4,62,63,67)/t39-,40+,41-,42-,43-,44+,45-/m0/s1. The number of guanidine groups is 3. The molecule has 84 heavy (non-hydrogen) atoms. The van der Waals surface area contributed by atoms with Crippen LogP contribution >= 0.6 is 0 Å².